The van der Waals surface area contributed by atoms with Crippen LogP contribution in [0.4, 0.5) is 13.6 Å². The molecule has 0 aliphatic carbocycles. The van der Waals surface area contributed by atoms with Gasteiger partial charge >= 0.3 is 18.0 Å². The number of hydrogen-bond acceptors (Lipinski definition) is 3. The van der Waals surface area contributed by atoms with Gasteiger partial charge in [-0.05, 0) is 0 Å². The summed E-state index contributed by atoms with van der Waals surface area (Å²) in [5.74, 6) is -2.87. The predicted molar refractivity (Wildman–Crippen MR) is 46.2 cm³/mol. The number of halogens is 2. The second-order valence-corrected chi connectivity index (χ2v) is 2.72. The van der Waals surface area contributed by atoms with Crippen LogP contribution in [0.25, 0.3) is 0 Å². The second-order valence-electron chi connectivity index (χ2n) is 2.72. The molecule has 0 aromatic rings. The fourth-order valence-electron chi connectivity index (χ4n) is 0.802. The van der Waals surface area contributed by atoms with Crippen molar-refractivity contribution in [2.75, 3.05) is 19.6 Å². The van der Waals surface area contributed by atoms with Gasteiger partial charge in [0.15, 0.2) is 0 Å². The van der Waals surface area contributed by atoms with Crippen molar-refractivity contribution < 1.29 is 33.4 Å². The number of aliphatic carboxylic acids is 2. The molecule has 0 radical (unpaired) electrons. The van der Waals surface area contributed by atoms with E-state index in [1.807, 2.05) is 0 Å². The standard InChI is InChI=1S/C7H10F2N2O5/c8-4(9)1-10-7(16)11(2-5(12)13)3-6(14)15/h4H,1-3H2,(H,10,16)(H,12,13)(H,14,15). The molecule has 0 spiro atoms. The molecule has 16 heavy (non-hydrogen) atoms. The van der Waals surface area contributed by atoms with Crippen molar-refractivity contribution in [2.24, 2.45) is 0 Å². The van der Waals surface area contributed by atoms with Gasteiger partial charge in [-0.25, -0.2) is 13.6 Å². The smallest absolute Gasteiger partial charge is 0.323 e. The van der Waals surface area contributed by atoms with E-state index >= 15 is 0 Å². The molecular formula is C7H10F2N2O5. The topological polar surface area (TPSA) is 107 Å². The Morgan fingerprint density at radius 2 is 1.56 bits per heavy atom. The monoisotopic (exact) mass is 240 g/mol. The van der Waals surface area contributed by atoms with Crippen molar-refractivity contribution in [1.82, 2.24) is 10.2 Å². The summed E-state index contributed by atoms with van der Waals surface area (Å²) in [4.78, 5) is 32.0. The van der Waals surface area contributed by atoms with Gasteiger partial charge in [0.05, 0.1) is 6.54 Å². The highest BCUT2D eigenvalue weighted by molar-refractivity contribution is 5.84. The second kappa shape index (κ2) is 6.53. The zero-order chi connectivity index (χ0) is 12.7. The van der Waals surface area contributed by atoms with Crippen molar-refractivity contribution in [3.8, 4) is 0 Å². The maximum atomic E-state index is 11.7. The first-order valence-electron chi connectivity index (χ1n) is 4.07. The van der Waals surface area contributed by atoms with Gasteiger partial charge in [0, 0.05) is 0 Å². The van der Waals surface area contributed by atoms with Crippen molar-refractivity contribution in [3.63, 3.8) is 0 Å². The van der Waals surface area contributed by atoms with Crippen LogP contribution in [0.1, 0.15) is 0 Å². The van der Waals surface area contributed by atoms with Gasteiger partial charge in [-0.3, -0.25) is 9.59 Å². The summed E-state index contributed by atoms with van der Waals surface area (Å²) in [5, 5.41) is 18.4. The average Bonchev–Trinajstić information content (AvgIpc) is 2.11. The number of carbonyl (C=O) groups is 3. The minimum atomic E-state index is -2.79. The SMILES string of the molecule is O=C(O)CN(CC(=O)O)C(=O)NCC(F)F. The summed E-state index contributed by atoms with van der Waals surface area (Å²) in [6.07, 6.45) is -2.79. The van der Waals surface area contributed by atoms with E-state index in [0.717, 1.165) is 0 Å². The van der Waals surface area contributed by atoms with E-state index < -0.39 is 44.0 Å². The number of hydrogen-bond donors (Lipinski definition) is 3. The highest BCUT2D eigenvalue weighted by atomic mass is 19.3. The number of alkyl halides is 2. The van der Waals surface area contributed by atoms with E-state index in [9.17, 15) is 23.2 Å². The maximum Gasteiger partial charge on any atom is 0.323 e. The largest absolute Gasteiger partial charge is 0.480 e. The summed E-state index contributed by atoms with van der Waals surface area (Å²) in [6, 6.07) is -1.16. The molecule has 0 unspecified atom stereocenters. The molecule has 0 aliphatic heterocycles. The first-order valence-corrected chi connectivity index (χ1v) is 4.07. The molecule has 0 atom stereocenters. The summed E-state index contributed by atoms with van der Waals surface area (Å²) in [7, 11) is 0. The molecule has 9 heteroatoms. The van der Waals surface area contributed by atoms with E-state index in [1.54, 1.807) is 5.32 Å². The van der Waals surface area contributed by atoms with Crippen molar-refractivity contribution >= 4 is 18.0 Å². The van der Waals surface area contributed by atoms with Crippen molar-refractivity contribution in [3.05, 3.63) is 0 Å². The number of nitrogens with zero attached hydrogens (tertiary/aromatic N) is 1. The molecule has 0 aromatic carbocycles. The van der Waals surface area contributed by atoms with Gasteiger partial charge in [-0.15, -0.1) is 0 Å². The minimum Gasteiger partial charge on any atom is -0.480 e. The van der Waals surface area contributed by atoms with Gasteiger partial charge in [-0.2, -0.15) is 0 Å². The van der Waals surface area contributed by atoms with E-state index in [2.05, 4.69) is 0 Å². The zero-order valence-electron chi connectivity index (χ0n) is 8.02. The first-order chi connectivity index (χ1) is 7.32. The van der Waals surface area contributed by atoms with E-state index in [0.29, 0.717) is 4.90 Å². The number of carboxylic acids is 2. The lowest BCUT2D eigenvalue weighted by molar-refractivity contribution is -0.140. The molecule has 0 saturated heterocycles. The molecule has 0 heterocycles. The number of urea groups is 1. The van der Waals surface area contributed by atoms with Crippen LogP contribution < -0.4 is 5.32 Å². The van der Waals surface area contributed by atoms with Crippen LogP contribution in [0.5, 0.6) is 0 Å². The van der Waals surface area contributed by atoms with Crippen LogP contribution in [0.15, 0.2) is 0 Å². The minimum absolute atomic E-state index is 0.396. The summed E-state index contributed by atoms with van der Waals surface area (Å²) < 4.78 is 23.4. The summed E-state index contributed by atoms with van der Waals surface area (Å²) in [6.45, 7) is -2.71. The molecular weight excluding hydrogens is 230 g/mol. The lowest BCUT2D eigenvalue weighted by atomic mass is 10.5. The Hall–Kier alpha value is -1.93. The van der Waals surface area contributed by atoms with E-state index in [4.69, 9.17) is 10.2 Å². The van der Waals surface area contributed by atoms with Gasteiger partial charge in [-0.1, -0.05) is 0 Å². The molecule has 92 valence electrons. The Labute approximate surface area is 88.6 Å². The number of carboxylic acid groups (broad SMARTS) is 2. The lowest BCUT2D eigenvalue weighted by Gasteiger charge is -2.18. The van der Waals surface area contributed by atoms with Crippen molar-refractivity contribution in [1.29, 1.82) is 0 Å². The number of carbonyl (C=O) groups excluding carboxylic acids is 1. The number of amides is 2. The Kier molecular flexibility index (Phi) is 5.75. The van der Waals surface area contributed by atoms with E-state index in [1.165, 1.54) is 0 Å². The third-order valence-corrected chi connectivity index (χ3v) is 1.35. The normalized spacial score (nSPS) is 9.94. The molecule has 0 aromatic heterocycles. The van der Waals surface area contributed by atoms with Crippen LogP contribution in [0.2, 0.25) is 0 Å². The maximum absolute atomic E-state index is 11.7. The highest BCUT2D eigenvalue weighted by Crippen LogP contribution is 1.93. The Balaban J connectivity index is 4.31. The fourth-order valence-corrected chi connectivity index (χ4v) is 0.802. The zero-order valence-corrected chi connectivity index (χ0v) is 8.02. The lowest BCUT2D eigenvalue weighted by Crippen LogP contribution is -2.46. The third kappa shape index (κ3) is 6.51. The van der Waals surface area contributed by atoms with Crippen LogP contribution in [0, 0.1) is 0 Å². The molecule has 3 N–H and O–H groups in total. The molecule has 0 aliphatic rings. The Morgan fingerprint density at radius 1 is 1.12 bits per heavy atom. The van der Waals surface area contributed by atoms with Crippen LogP contribution in [-0.2, 0) is 9.59 Å². The Bertz CT molecular complexity index is 268. The molecule has 7 nitrogen and oxygen atoms in total. The molecule has 0 saturated carbocycles. The van der Waals surface area contributed by atoms with Crippen LogP contribution in [0.3, 0.4) is 0 Å². The number of nitrogens with one attached hydrogen (secondary N) is 1. The third-order valence-electron chi connectivity index (χ3n) is 1.35. The van der Waals surface area contributed by atoms with Crippen LogP contribution in [-0.4, -0.2) is 59.1 Å². The Morgan fingerprint density at radius 3 is 1.88 bits per heavy atom. The van der Waals surface area contributed by atoms with Gasteiger partial charge < -0.3 is 20.4 Å². The highest BCUT2D eigenvalue weighted by Gasteiger charge is 2.20. The summed E-state index contributed by atoms with van der Waals surface area (Å²) >= 11 is 0. The van der Waals surface area contributed by atoms with Gasteiger partial charge in [0.25, 0.3) is 6.43 Å². The van der Waals surface area contributed by atoms with Gasteiger partial charge in [0.1, 0.15) is 13.1 Å². The number of rotatable bonds is 6. The molecule has 0 rings (SSSR count). The quantitative estimate of drug-likeness (QED) is 0.576. The van der Waals surface area contributed by atoms with E-state index in [-0.39, 0.29) is 0 Å². The summed E-state index contributed by atoms with van der Waals surface area (Å²) in [5.41, 5.74) is 0. The van der Waals surface area contributed by atoms with Crippen molar-refractivity contribution in [2.45, 2.75) is 6.43 Å². The average molecular weight is 240 g/mol. The molecule has 0 bridgehead atoms. The molecule has 0 fully saturated rings. The molecule has 2 amide bonds. The first kappa shape index (κ1) is 14.1. The fraction of sp³-hybridized carbons (Fsp3) is 0.571. The predicted octanol–water partition coefficient (Wildman–Crippen LogP) is -0.568. The van der Waals surface area contributed by atoms with Gasteiger partial charge in [0.2, 0.25) is 0 Å². The van der Waals surface area contributed by atoms with Crippen LogP contribution >= 0.6 is 0 Å².